The Kier molecular flexibility index (Phi) is 14.6. The maximum atomic E-state index is 12.8. The molecule has 1 saturated heterocycles. The highest BCUT2D eigenvalue weighted by Gasteiger charge is 2.25. The standard InChI is InChI=1S/C21H25N7O4.C21H25N5O5/c1-22-21(29)17-14-11-16(25-26-17)32-10-6-4-5-9-31-15-8-7-13(19(30-3)18(15)24-14)20-23-12-28(2)27-20;1-22-20(27)19-16-13-18(24-25-19)31-11-9-29-8-10-30-17-12-14(4-5-15(17)23-16)21(28)26-6-2-3-7-26/h7-8,11-12,24H,4-6,9-10H2,1-3H3,(H,22,29);4-5,12-13,23H,2-3,6-11H2,1H3,(H,22,27). The van der Waals surface area contributed by atoms with Gasteiger partial charge in [0.15, 0.2) is 23.0 Å². The number of carbonyl (C=O) groups excluding carboxylic acids is 3. The van der Waals surface area contributed by atoms with Gasteiger partial charge in [0.25, 0.3) is 17.7 Å². The van der Waals surface area contributed by atoms with Gasteiger partial charge in [-0.3, -0.25) is 19.1 Å². The lowest BCUT2D eigenvalue weighted by Gasteiger charge is -2.19. The Hall–Kier alpha value is -7.29. The summed E-state index contributed by atoms with van der Waals surface area (Å²) in [6, 6.07) is 12.2. The van der Waals surface area contributed by atoms with Crippen LogP contribution in [-0.2, 0) is 11.8 Å². The van der Waals surface area contributed by atoms with Gasteiger partial charge in [-0.2, -0.15) is 5.10 Å². The van der Waals surface area contributed by atoms with E-state index in [1.54, 1.807) is 55.5 Å². The summed E-state index contributed by atoms with van der Waals surface area (Å²) in [5.41, 5.74) is 3.38. The van der Waals surface area contributed by atoms with Gasteiger partial charge in [-0.1, -0.05) is 0 Å². The average molecular weight is 867 g/mol. The van der Waals surface area contributed by atoms with E-state index < -0.39 is 5.91 Å². The molecule has 1 fully saturated rings. The van der Waals surface area contributed by atoms with Gasteiger partial charge in [0.05, 0.1) is 56.2 Å². The Labute approximate surface area is 363 Å². The predicted molar refractivity (Wildman–Crippen MR) is 229 cm³/mol. The molecule has 21 heteroatoms. The Morgan fingerprint density at radius 3 is 1.97 bits per heavy atom. The first-order chi connectivity index (χ1) is 30.8. The molecule has 63 heavy (non-hydrogen) atoms. The van der Waals surface area contributed by atoms with Gasteiger partial charge in [0.1, 0.15) is 36.7 Å². The molecule has 2 aromatic carbocycles. The van der Waals surface area contributed by atoms with Crippen molar-refractivity contribution in [2.24, 2.45) is 7.05 Å². The third-order valence-corrected chi connectivity index (χ3v) is 10.0. The van der Waals surface area contributed by atoms with Gasteiger partial charge in [-0.05, 0) is 62.4 Å². The van der Waals surface area contributed by atoms with Crippen LogP contribution in [0.2, 0.25) is 0 Å². The lowest BCUT2D eigenvalue weighted by molar-refractivity contribution is 0.0749. The number of hydrogen-bond acceptors (Lipinski definition) is 17. The number of benzene rings is 2. The normalized spacial score (nSPS) is 15.0. The first-order valence-corrected chi connectivity index (χ1v) is 20.6. The molecule has 0 atom stereocenters. The molecular weight excluding hydrogens is 817 g/mol. The molecule has 0 spiro atoms. The lowest BCUT2D eigenvalue weighted by Crippen LogP contribution is -2.27. The minimum absolute atomic E-state index is 0.0182. The van der Waals surface area contributed by atoms with E-state index in [0.29, 0.717) is 95.9 Å². The number of ether oxygens (including phenoxy) is 6. The Balaban J connectivity index is 0.000000189. The maximum absolute atomic E-state index is 12.8. The molecular formula is C42H50N12O9. The van der Waals surface area contributed by atoms with Crippen LogP contribution in [-0.4, -0.2) is 132 Å². The zero-order valence-corrected chi connectivity index (χ0v) is 35.6. The summed E-state index contributed by atoms with van der Waals surface area (Å²) in [4.78, 5) is 43.7. The highest BCUT2D eigenvalue weighted by molar-refractivity contribution is 6.00. The summed E-state index contributed by atoms with van der Waals surface area (Å²) in [5.74, 6) is 1.82. The fourth-order valence-electron chi connectivity index (χ4n) is 6.82. The quantitative estimate of drug-likeness (QED) is 0.196. The van der Waals surface area contributed by atoms with Crippen molar-refractivity contribution < 1.29 is 42.8 Å². The second-order valence-corrected chi connectivity index (χ2v) is 14.3. The third-order valence-electron chi connectivity index (χ3n) is 10.0. The number of methoxy groups -OCH3 is 1. The van der Waals surface area contributed by atoms with Crippen LogP contribution in [0.3, 0.4) is 0 Å². The van der Waals surface area contributed by atoms with Crippen LogP contribution in [0.1, 0.15) is 63.4 Å². The van der Waals surface area contributed by atoms with Crippen LogP contribution in [0.25, 0.3) is 11.4 Å². The Morgan fingerprint density at radius 1 is 0.683 bits per heavy atom. The smallest absolute Gasteiger partial charge is 0.273 e. The van der Waals surface area contributed by atoms with Gasteiger partial charge in [-0.25, -0.2) is 4.98 Å². The number of likely N-dealkylation sites (tertiary alicyclic amines) is 1. The number of aryl methyl sites for hydroxylation is 1. The van der Waals surface area contributed by atoms with E-state index in [9.17, 15) is 14.4 Å². The topological polar surface area (TPSA) is 240 Å². The van der Waals surface area contributed by atoms with E-state index in [-0.39, 0.29) is 35.7 Å². The molecule has 0 aliphatic carbocycles. The van der Waals surface area contributed by atoms with E-state index in [1.165, 1.54) is 14.1 Å². The minimum Gasteiger partial charge on any atom is -0.494 e. The number of aromatic nitrogens is 7. The van der Waals surface area contributed by atoms with Crippen LogP contribution in [0, 0.1) is 0 Å². The van der Waals surface area contributed by atoms with Gasteiger partial charge >= 0.3 is 0 Å². The first-order valence-electron chi connectivity index (χ1n) is 20.6. The summed E-state index contributed by atoms with van der Waals surface area (Å²) < 4.78 is 36.2. The molecule has 5 aromatic rings. The summed E-state index contributed by atoms with van der Waals surface area (Å²) in [6.45, 7) is 3.86. The van der Waals surface area contributed by atoms with Crippen molar-refractivity contribution in [1.29, 1.82) is 0 Å². The zero-order chi connectivity index (χ0) is 44.1. The number of anilines is 4. The number of fused-ring (bicyclic) bond motifs is 6. The van der Waals surface area contributed by atoms with Crippen molar-refractivity contribution in [1.82, 2.24) is 50.7 Å². The third kappa shape index (κ3) is 10.8. The van der Waals surface area contributed by atoms with Gasteiger partial charge in [0.2, 0.25) is 11.8 Å². The highest BCUT2D eigenvalue weighted by atomic mass is 16.5. The average Bonchev–Trinajstić information content (AvgIpc) is 4.01. The number of nitrogens with one attached hydrogen (secondary N) is 4. The van der Waals surface area contributed by atoms with Crippen molar-refractivity contribution in [2.45, 2.75) is 32.1 Å². The van der Waals surface area contributed by atoms with Crippen molar-refractivity contribution in [3.05, 3.63) is 65.7 Å². The molecule has 8 rings (SSSR count). The molecule has 21 nitrogen and oxygen atoms in total. The van der Waals surface area contributed by atoms with E-state index in [2.05, 4.69) is 51.7 Å². The fraction of sp³-hybridized carbons (Fsp3) is 0.405. The molecule has 0 radical (unpaired) electrons. The lowest BCUT2D eigenvalue weighted by atomic mass is 10.1. The van der Waals surface area contributed by atoms with Gasteiger partial charge in [-0.15, -0.1) is 20.4 Å². The van der Waals surface area contributed by atoms with Crippen LogP contribution in [0.15, 0.2) is 48.8 Å². The summed E-state index contributed by atoms with van der Waals surface area (Å²) in [6.07, 6.45) is 6.31. The Morgan fingerprint density at radius 2 is 1.32 bits per heavy atom. The summed E-state index contributed by atoms with van der Waals surface area (Å²) in [7, 11) is 6.40. The summed E-state index contributed by atoms with van der Waals surface area (Å²) >= 11 is 0. The maximum Gasteiger partial charge on any atom is 0.273 e. The van der Waals surface area contributed by atoms with Crippen molar-refractivity contribution in [3.8, 4) is 40.4 Å². The molecule has 3 aromatic heterocycles. The summed E-state index contributed by atoms with van der Waals surface area (Å²) in [5, 5.41) is 32.0. The number of amides is 3. The number of rotatable bonds is 5. The second-order valence-electron chi connectivity index (χ2n) is 14.3. The van der Waals surface area contributed by atoms with Crippen LogP contribution >= 0.6 is 0 Å². The van der Waals surface area contributed by atoms with Gasteiger partial charge < -0.3 is 54.6 Å². The van der Waals surface area contributed by atoms with Crippen molar-refractivity contribution >= 4 is 40.5 Å². The van der Waals surface area contributed by atoms with Crippen molar-refractivity contribution in [3.63, 3.8) is 0 Å². The van der Waals surface area contributed by atoms with E-state index in [4.69, 9.17) is 28.4 Å². The molecule has 0 saturated carbocycles. The highest BCUT2D eigenvalue weighted by Crippen LogP contribution is 2.44. The first kappa shape index (κ1) is 43.8. The molecule has 3 aliphatic heterocycles. The monoisotopic (exact) mass is 866 g/mol. The zero-order valence-electron chi connectivity index (χ0n) is 35.6. The van der Waals surface area contributed by atoms with Crippen LogP contribution in [0.4, 0.5) is 22.7 Å². The van der Waals surface area contributed by atoms with E-state index in [0.717, 1.165) is 45.2 Å². The van der Waals surface area contributed by atoms with Gasteiger partial charge in [0, 0.05) is 51.9 Å². The van der Waals surface area contributed by atoms with Crippen molar-refractivity contribution in [2.75, 3.05) is 84.6 Å². The predicted octanol–water partition coefficient (Wildman–Crippen LogP) is 3.93. The molecule has 3 amide bonds. The van der Waals surface area contributed by atoms with Crippen LogP contribution in [0.5, 0.6) is 29.0 Å². The second kappa shape index (κ2) is 21.0. The fourth-order valence-corrected chi connectivity index (χ4v) is 6.82. The van der Waals surface area contributed by atoms with Crippen LogP contribution < -0.4 is 45.0 Å². The van der Waals surface area contributed by atoms with E-state index >= 15 is 0 Å². The number of carbonyl (C=O) groups is 3. The molecule has 6 heterocycles. The number of hydrogen-bond donors (Lipinski definition) is 4. The largest absolute Gasteiger partial charge is 0.494 e. The number of nitrogens with zero attached hydrogens (tertiary/aromatic N) is 8. The SMILES string of the molecule is CNC(=O)c1nnc2cc1Nc1c(ccc(-c3ncn(C)n3)c1OC)OCCCCCO2.CNC(=O)c1nnc2cc1Nc1ccc(C(=O)N3CCCC3)cc1OCCOCCO2. The molecule has 4 bridgehead atoms. The minimum atomic E-state index is -0.391. The molecule has 4 N–H and O–H groups in total. The molecule has 332 valence electrons. The molecule has 0 unspecified atom stereocenters. The molecule has 3 aliphatic rings. The Bertz CT molecular complexity index is 2410. The van der Waals surface area contributed by atoms with E-state index in [1.807, 2.05) is 17.0 Å².